The van der Waals surface area contributed by atoms with E-state index >= 15 is 0 Å². The van der Waals surface area contributed by atoms with E-state index in [0.29, 0.717) is 31.3 Å². The smallest absolute Gasteiger partial charge is 0.227 e. The Morgan fingerprint density at radius 3 is 2.68 bits per heavy atom. The van der Waals surface area contributed by atoms with Crippen LogP contribution in [-0.2, 0) is 9.59 Å². The number of piperidine rings is 2. The quantitative estimate of drug-likeness (QED) is 0.890. The Labute approximate surface area is 165 Å². The SMILES string of the molecule is Cc1ccc2nc(C3CCN(C(=O)[C@@H]4CCC(=O)N(C5CC5)C4)CC3)[nH]c2c1. The summed E-state index contributed by atoms with van der Waals surface area (Å²) in [6, 6.07) is 6.71. The molecule has 1 aliphatic carbocycles. The van der Waals surface area contributed by atoms with Crippen LogP contribution in [0.15, 0.2) is 18.2 Å². The number of amides is 2. The second kappa shape index (κ2) is 6.90. The van der Waals surface area contributed by atoms with Crippen molar-refractivity contribution in [1.29, 1.82) is 0 Å². The standard InChI is InChI=1S/C22H28N4O2/c1-14-2-6-18-19(12-14)24-21(23-18)15-8-10-25(11-9-15)22(28)16-3-7-20(27)26(13-16)17-4-5-17/h2,6,12,15-17H,3-5,7-11,13H2,1H3,(H,23,24)/t16-/m1/s1. The number of likely N-dealkylation sites (tertiary alicyclic amines) is 2. The number of aryl methyl sites for hydroxylation is 1. The minimum atomic E-state index is -0.0102. The van der Waals surface area contributed by atoms with Crippen LogP contribution in [-0.4, -0.2) is 57.3 Å². The van der Waals surface area contributed by atoms with Crippen LogP contribution in [0.5, 0.6) is 0 Å². The van der Waals surface area contributed by atoms with Crippen LogP contribution in [0.2, 0.25) is 0 Å². The Bertz CT molecular complexity index is 908. The topological polar surface area (TPSA) is 69.3 Å². The molecule has 1 N–H and O–H groups in total. The molecule has 3 fully saturated rings. The normalized spacial score (nSPS) is 24.2. The lowest BCUT2D eigenvalue weighted by atomic mass is 9.92. The second-order valence-electron chi connectivity index (χ2n) is 8.76. The Morgan fingerprint density at radius 1 is 1.14 bits per heavy atom. The van der Waals surface area contributed by atoms with Crippen molar-refractivity contribution in [3.63, 3.8) is 0 Å². The molecule has 1 aromatic carbocycles. The molecule has 148 valence electrons. The van der Waals surface area contributed by atoms with Crippen LogP contribution < -0.4 is 0 Å². The van der Waals surface area contributed by atoms with Gasteiger partial charge >= 0.3 is 0 Å². The molecular weight excluding hydrogens is 352 g/mol. The molecule has 28 heavy (non-hydrogen) atoms. The van der Waals surface area contributed by atoms with Crippen molar-refractivity contribution >= 4 is 22.8 Å². The van der Waals surface area contributed by atoms with Gasteiger partial charge in [-0.15, -0.1) is 0 Å². The zero-order chi connectivity index (χ0) is 19.3. The molecule has 0 unspecified atom stereocenters. The third-order valence-electron chi connectivity index (χ3n) is 6.63. The number of nitrogens with zero attached hydrogens (tertiary/aromatic N) is 3. The lowest BCUT2D eigenvalue weighted by Crippen LogP contribution is -2.49. The molecule has 2 amide bonds. The van der Waals surface area contributed by atoms with Crippen molar-refractivity contribution in [1.82, 2.24) is 19.8 Å². The lowest BCUT2D eigenvalue weighted by Gasteiger charge is -2.37. The molecule has 6 nitrogen and oxygen atoms in total. The van der Waals surface area contributed by atoms with E-state index in [4.69, 9.17) is 4.98 Å². The number of rotatable bonds is 3. The molecule has 0 spiro atoms. The number of hydrogen-bond acceptors (Lipinski definition) is 3. The number of aromatic amines is 1. The number of aromatic nitrogens is 2. The number of hydrogen-bond donors (Lipinski definition) is 1. The maximum atomic E-state index is 13.0. The number of fused-ring (bicyclic) bond motifs is 1. The molecule has 1 atom stereocenters. The summed E-state index contributed by atoms with van der Waals surface area (Å²) in [5, 5.41) is 0. The molecule has 2 aromatic rings. The third kappa shape index (κ3) is 3.29. The summed E-state index contributed by atoms with van der Waals surface area (Å²) in [5.74, 6) is 1.91. The Morgan fingerprint density at radius 2 is 1.93 bits per heavy atom. The predicted molar refractivity (Wildman–Crippen MR) is 107 cm³/mol. The maximum Gasteiger partial charge on any atom is 0.227 e. The number of nitrogens with one attached hydrogen (secondary N) is 1. The summed E-state index contributed by atoms with van der Waals surface area (Å²) in [5.41, 5.74) is 3.35. The molecule has 3 aliphatic rings. The van der Waals surface area contributed by atoms with Crippen LogP contribution in [0.4, 0.5) is 0 Å². The van der Waals surface area contributed by atoms with E-state index in [1.807, 2.05) is 9.80 Å². The molecule has 2 aliphatic heterocycles. The first-order valence-electron chi connectivity index (χ1n) is 10.6. The molecule has 0 bridgehead atoms. The van der Waals surface area contributed by atoms with Gasteiger partial charge in [0.2, 0.25) is 11.8 Å². The van der Waals surface area contributed by atoms with E-state index in [0.717, 1.165) is 55.6 Å². The van der Waals surface area contributed by atoms with Crippen molar-refractivity contribution in [3.8, 4) is 0 Å². The monoisotopic (exact) mass is 380 g/mol. The van der Waals surface area contributed by atoms with Gasteiger partial charge in [0.15, 0.2) is 0 Å². The summed E-state index contributed by atoms with van der Waals surface area (Å²) >= 11 is 0. The van der Waals surface area contributed by atoms with Gasteiger partial charge in [0, 0.05) is 38.0 Å². The highest BCUT2D eigenvalue weighted by Gasteiger charge is 2.40. The van der Waals surface area contributed by atoms with E-state index in [1.165, 1.54) is 5.56 Å². The van der Waals surface area contributed by atoms with Crippen LogP contribution in [0.1, 0.15) is 55.8 Å². The summed E-state index contributed by atoms with van der Waals surface area (Å²) in [6.45, 7) is 4.29. The number of benzene rings is 1. The van der Waals surface area contributed by atoms with E-state index in [-0.39, 0.29) is 17.7 Å². The highest BCUT2D eigenvalue weighted by molar-refractivity contribution is 5.84. The average molecular weight is 380 g/mol. The lowest BCUT2D eigenvalue weighted by molar-refractivity contribution is -0.144. The summed E-state index contributed by atoms with van der Waals surface area (Å²) < 4.78 is 0. The zero-order valence-electron chi connectivity index (χ0n) is 16.5. The molecule has 6 heteroatoms. The number of H-pyrrole nitrogens is 1. The first-order valence-corrected chi connectivity index (χ1v) is 10.6. The van der Waals surface area contributed by atoms with Gasteiger partial charge in [0.05, 0.1) is 17.0 Å². The van der Waals surface area contributed by atoms with Crippen LogP contribution in [0.25, 0.3) is 11.0 Å². The van der Waals surface area contributed by atoms with Gasteiger partial charge in [-0.05, 0) is 56.7 Å². The van der Waals surface area contributed by atoms with Crippen molar-refractivity contribution in [3.05, 3.63) is 29.6 Å². The van der Waals surface area contributed by atoms with Gasteiger partial charge in [-0.3, -0.25) is 9.59 Å². The van der Waals surface area contributed by atoms with E-state index in [9.17, 15) is 9.59 Å². The van der Waals surface area contributed by atoms with Crippen molar-refractivity contribution in [2.45, 2.75) is 57.4 Å². The van der Waals surface area contributed by atoms with Crippen molar-refractivity contribution in [2.75, 3.05) is 19.6 Å². The third-order valence-corrected chi connectivity index (χ3v) is 6.63. The number of imidazole rings is 1. The zero-order valence-corrected chi connectivity index (χ0v) is 16.5. The first kappa shape index (κ1) is 17.7. The Kier molecular flexibility index (Phi) is 4.37. The van der Waals surface area contributed by atoms with Gasteiger partial charge in [0.1, 0.15) is 5.82 Å². The van der Waals surface area contributed by atoms with E-state index in [2.05, 4.69) is 30.1 Å². The summed E-state index contributed by atoms with van der Waals surface area (Å²) in [6.07, 6.45) is 5.35. The largest absolute Gasteiger partial charge is 0.342 e. The van der Waals surface area contributed by atoms with Crippen LogP contribution >= 0.6 is 0 Å². The number of carbonyl (C=O) groups excluding carboxylic acids is 2. The molecule has 1 aromatic heterocycles. The Hall–Kier alpha value is -2.37. The predicted octanol–water partition coefficient (Wildman–Crippen LogP) is 2.98. The molecule has 1 saturated carbocycles. The fourth-order valence-electron chi connectivity index (χ4n) is 4.78. The van der Waals surface area contributed by atoms with Gasteiger partial charge in [-0.2, -0.15) is 0 Å². The van der Waals surface area contributed by atoms with Gasteiger partial charge < -0.3 is 14.8 Å². The minimum absolute atomic E-state index is 0.0102. The molecule has 5 rings (SSSR count). The molecule has 3 heterocycles. The number of carbonyl (C=O) groups is 2. The van der Waals surface area contributed by atoms with Crippen LogP contribution in [0, 0.1) is 12.8 Å². The van der Waals surface area contributed by atoms with Gasteiger partial charge in [0.25, 0.3) is 0 Å². The average Bonchev–Trinajstić information content (AvgIpc) is 3.47. The van der Waals surface area contributed by atoms with Gasteiger partial charge in [-0.25, -0.2) is 4.98 Å². The Balaban J connectivity index is 1.21. The summed E-state index contributed by atoms with van der Waals surface area (Å²) in [4.78, 5) is 37.4. The molecule has 0 radical (unpaired) electrons. The minimum Gasteiger partial charge on any atom is -0.342 e. The fraction of sp³-hybridized carbons (Fsp3) is 0.591. The van der Waals surface area contributed by atoms with E-state index < -0.39 is 0 Å². The molecule has 2 saturated heterocycles. The first-order chi connectivity index (χ1) is 13.6. The van der Waals surface area contributed by atoms with Crippen LogP contribution in [0.3, 0.4) is 0 Å². The molecular formula is C22H28N4O2. The summed E-state index contributed by atoms with van der Waals surface area (Å²) in [7, 11) is 0. The van der Waals surface area contributed by atoms with Crippen molar-refractivity contribution in [2.24, 2.45) is 5.92 Å². The maximum absolute atomic E-state index is 13.0. The fourth-order valence-corrected chi connectivity index (χ4v) is 4.78. The van der Waals surface area contributed by atoms with Crippen molar-refractivity contribution < 1.29 is 9.59 Å². The van der Waals surface area contributed by atoms with E-state index in [1.54, 1.807) is 0 Å². The van der Waals surface area contributed by atoms with Gasteiger partial charge in [-0.1, -0.05) is 6.07 Å². The second-order valence-corrected chi connectivity index (χ2v) is 8.76. The highest BCUT2D eigenvalue weighted by atomic mass is 16.2. The highest BCUT2D eigenvalue weighted by Crippen LogP contribution is 2.33.